The zero-order chi connectivity index (χ0) is 19.4. The van der Waals surface area contributed by atoms with Crippen LogP contribution in [-0.2, 0) is 11.3 Å². The fourth-order valence-corrected chi connectivity index (χ4v) is 3.20. The van der Waals surface area contributed by atoms with Crippen molar-refractivity contribution in [2.75, 3.05) is 13.2 Å². The van der Waals surface area contributed by atoms with Crippen LogP contribution in [0.3, 0.4) is 0 Å². The summed E-state index contributed by atoms with van der Waals surface area (Å²) < 4.78 is 47.7. The number of nitrogens with zero attached hydrogens (tertiary/aromatic N) is 4. The minimum atomic E-state index is -2.48. The molecule has 9 heteroatoms. The van der Waals surface area contributed by atoms with Crippen LogP contribution in [0.1, 0.15) is 44.1 Å². The van der Waals surface area contributed by atoms with Gasteiger partial charge in [0.15, 0.2) is 5.82 Å². The van der Waals surface area contributed by atoms with E-state index in [1.54, 1.807) is 12.1 Å². The van der Waals surface area contributed by atoms with E-state index in [0.717, 1.165) is 5.56 Å². The first kappa shape index (κ1) is 19.8. The van der Waals surface area contributed by atoms with Crippen molar-refractivity contribution in [3.63, 3.8) is 0 Å². The lowest BCUT2D eigenvalue weighted by Crippen LogP contribution is -2.42. The van der Waals surface area contributed by atoms with E-state index < -0.39 is 17.9 Å². The summed E-state index contributed by atoms with van der Waals surface area (Å²) in [6, 6.07) is 5.12. The molecule has 1 aliphatic carbocycles. The number of hydrogen-bond acceptors (Lipinski definition) is 5. The fourth-order valence-electron chi connectivity index (χ4n) is 3.20. The van der Waals surface area contributed by atoms with Gasteiger partial charge in [-0.1, -0.05) is 12.1 Å². The Balaban J connectivity index is 1.84. The van der Waals surface area contributed by atoms with Gasteiger partial charge in [0.1, 0.15) is 5.82 Å². The van der Waals surface area contributed by atoms with Gasteiger partial charge < -0.3 is 10.1 Å². The maximum absolute atomic E-state index is 13.8. The lowest BCUT2D eigenvalue weighted by molar-refractivity contribution is 0.0261. The van der Waals surface area contributed by atoms with Gasteiger partial charge in [0, 0.05) is 12.6 Å². The van der Waals surface area contributed by atoms with Crippen LogP contribution in [0.4, 0.5) is 13.2 Å². The number of hydrogen-bond donors (Lipinski definition) is 1. The van der Waals surface area contributed by atoms with Gasteiger partial charge in [-0.15, -0.1) is 5.10 Å². The summed E-state index contributed by atoms with van der Waals surface area (Å²) in [7, 11) is 0. The average Bonchev–Trinajstić information content (AvgIpc) is 3.34. The second kappa shape index (κ2) is 8.35. The van der Waals surface area contributed by atoms with E-state index in [2.05, 4.69) is 20.8 Å². The summed E-state index contributed by atoms with van der Waals surface area (Å²) in [6.45, 7) is 5.01. The fraction of sp³-hybridized carbons (Fsp3) is 0.611. The first-order valence-corrected chi connectivity index (χ1v) is 9.08. The smallest absolute Gasteiger partial charge is 0.246 e. The third-order valence-corrected chi connectivity index (χ3v) is 4.92. The highest BCUT2D eigenvalue weighted by Crippen LogP contribution is 2.58. The van der Waals surface area contributed by atoms with Crippen molar-refractivity contribution in [2.24, 2.45) is 5.41 Å². The monoisotopic (exact) mass is 383 g/mol. The highest BCUT2D eigenvalue weighted by Gasteiger charge is 2.58. The molecule has 1 aliphatic rings. The second-order valence-corrected chi connectivity index (χ2v) is 7.02. The third kappa shape index (κ3) is 4.47. The molecule has 0 bridgehead atoms. The minimum absolute atomic E-state index is 0.137. The Hall–Kier alpha value is -2.00. The SMILES string of the molecule is CCOC[C@@H](C)NC(c1nnnn1Cc1ccc(F)cc1)C1(C(F)F)CC1. The molecule has 2 atom stereocenters. The number of aromatic nitrogens is 4. The normalized spacial score (nSPS) is 17.9. The van der Waals surface area contributed by atoms with Crippen LogP contribution in [0.15, 0.2) is 24.3 Å². The van der Waals surface area contributed by atoms with Crippen molar-refractivity contribution in [3.05, 3.63) is 41.5 Å². The molecule has 1 N–H and O–H groups in total. The lowest BCUT2D eigenvalue weighted by atomic mass is 9.95. The molecule has 3 rings (SSSR count). The van der Waals surface area contributed by atoms with Gasteiger partial charge in [0.2, 0.25) is 6.43 Å². The lowest BCUT2D eigenvalue weighted by Gasteiger charge is -2.29. The molecule has 1 heterocycles. The Morgan fingerprint density at radius 3 is 2.56 bits per heavy atom. The van der Waals surface area contributed by atoms with Crippen molar-refractivity contribution in [1.29, 1.82) is 0 Å². The predicted molar refractivity (Wildman–Crippen MR) is 92.8 cm³/mol. The molecule has 1 aromatic heterocycles. The molecule has 0 spiro atoms. The third-order valence-electron chi connectivity index (χ3n) is 4.92. The Morgan fingerprint density at radius 2 is 1.96 bits per heavy atom. The Bertz CT molecular complexity index is 733. The van der Waals surface area contributed by atoms with E-state index in [0.29, 0.717) is 31.9 Å². The van der Waals surface area contributed by atoms with Crippen LogP contribution in [-0.4, -0.2) is 45.9 Å². The predicted octanol–water partition coefficient (Wildman–Crippen LogP) is 2.96. The molecule has 0 radical (unpaired) electrons. The first-order chi connectivity index (χ1) is 13.0. The van der Waals surface area contributed by atoms with E-state index in [1.165, 1.54) is 16.8 Å². The zero-order valence-electron chi connectivity index (χ0n) is 15.4. The van der Waals surface area contributed by atoms with E-state index in [-0.39, 0.29) is 18.4 Å². The topological polar surface area (TPSA) is 64.9 Å². The largest absolute Gasteiger partial charge is 0.380 e. The van der Waals surface area contributed by atoms with Gasteiger partial charge in [-0.25, -0.2) is 17.9 Å². The van der Waals surface area contributed by atoms with Crippen LogP contribution in [0.25, 0.3) is 0 Å². The van der Waals surface area contributed by atoms with Gasteiger partial charge in [0.25, 0.3) is 0 Å². The number of benzene rings is 1. The van der Waals surface area contributed by atoms with Crippen LogP contribution in [0.2, 0.25) is 0 Å². The molecule has 0 aliphatic heterocycles. The van der Waals surface area contributed by atoms with Crippen LogP contribution in [0.5, 0.6) is 0 Å². The van der Waals surface area contributed by atoms with Crippen molar-refractivity contribution >= 4 is 0 Å². The molecular formula is C18H24F3N5O. The maximum atomic E-state index is 13.8. The van der Waals surface area contributed by atoms with Crippen molar-refractivity contribution < 1.29 is 17.9 Å². The maximum Gasteiger partial charge on any atom is 0.246 e. The van der Waals surface area contributed by atoms with Crippen LogP contribution in [0, 0.1) is 11.2 Å². The molecule has 2 aromatic rings. The van der Waals surface area contributed by atoms with Crippen molar-refractivity contribution in [3.8, 4) is 0 Å². The second-order valence-electron chi connectivity index (χ2n) is 7.02. The van der Waals surface area contributed by atoms with Gasteiger partial charge >= 0.3 is 0 Å². The molecule has 1 aromatic carbocycles. The molecule has 1 unspecified atom stereocenters. The summed E-state index contributed by atoms with van der Waals surface area (Å²) in [5.41, 5.74) is -0.386. The Morgan fingerprint density at radius 1 is 1.26 bits per heavy atom. The molecule has 148 valence electrons. The number of rotatable bonds is 10. The van der Waals surface area contributed by atoms with Crippen LogP contribution >= 0.6 is 0 Å². The summed E-state index contributed by atoms with van der Waals surface area (Å²) in [4.78, 5) is 0. The summed E-state index contributed by atoms with van der Waals surface area (Å²) in [5, 5.41) is 15.0. The highest BCUT2D eigenvalue weighted by molar-refractivity contribution is 5.18. The van der Waals surface area contributed by atoms with Gasteiger partial charge in [-0.2, -0.15) is 0 Å². The molecule has 1 saturated carbocycles. The molecular weight excluding hydrogens is 359 g/mol. The van der Waals surface area contributed by atoms with E-state index >= 15 is 0 Å². The number of tetrazole rings is 1. The number of halogens is 3. The van der Waals surface area contributed by atoms with E-state index in [9.17, 15) is 13.2 Å². The standard InChI is InChI=1S/C18H24F3N5O/c1-3-27-11-12(2)22-15(18(8-9-18)17(20)21)16-23-24-25-26(16)10-13-4-6-14(19)7-5-13/h4-7,12,15,17,22H,3,8-11H2,1-2H3/t12-,15?/m1/s1. The van der Waals surface area contributed by atoms with E-state index in [4.69, 9.17) is 4.74 Å². The summed E-state index contributed by atoms with van der Waals surface area (Å²) in [6.07, 6.45) is -1.66. The number of nitrogens with one attached hydrogen (secondary N) is 1. The van der Waals surface area contributed by atoms with E-state index in [1.807, 2.05) is 13.8 Å². The number of ether oxygens (including phenoxy) is 1. The Labute approximate surface area is 156 Å². The van der Waals surface area contributed by atoms with Gasteiger partial charge in [-0.05, 0) is 54.8 Å². The molecule has 0 amide bonds. The van der Waals surface area contributed by atoms with Gasteiger partial charge in [-0.3, -0.25) is 0 Å². The first-order valence-electron chi connectivity index (χ1n) is 9.08. The zero-order valence-corrected chi connectivity index (χ0v) is 15.4. The summed E-state index contributed by atoms with van der Waals surface area (Å²) in [5.74, 6) is 0.0232. The Kier molecular flexibility index (Phi) is 6.11. The highest BCUT2D eigenvalue weighted by atomic mass is 19.3. The van der Waals surface area contributed by atoms with Gasteiger partial charge in [0.05, 0.1) is 24.6 Å². The molecule has 27 heavy (non-hydrogen) atoms. The quantitative estimate of drug-likeness (QED) is 0.683. The van der Waals surface area contributed by atoms with Crippen molar-refractivity contribution in [2.45, 2.75) is 51.7 Å². The summed E-state index contributed by atoms with van der Waals surface area (Å²) >= 11 is 0. The van der Waals surface area contributed by atoms with Crippen molar-refractivity contribution in [1.82, 2.24) is 25.5 Å². The average molecular weight is 383 g/mol. The molecule has 1 fully saturated rings. The van der Waals surface area contributed by atoms with Crippen LogP contribution < -0.4 is 5.32 Å². The molecule has 6 nitrogen and oxygen atoms in total. The number of alkyl halides is 2. The molecule has 0 saturated heterocycles. The minimum Gasteiger partial charge on any atom is -0.380 e.